The van der Waals surface area contributed by atoms with Crippen molar-refractivity contribution in [1.29, 1.82) is 0 Å². The Labute approximate surface area is 184 Å². The van der Waals surface area contributed by atoms with Gasteiger partial charge in [-0.3, -0.25) is 9.59 Å². The van der Waals surface area contributed by atoms with Crippen LogP contribution in [0.25, 0.3) is 0 Å². The Morgan fingerprint density at radius 1 is 1.19 bits per heavy atom. The van der Waals surface area contributed by atoms with Crippen LogP contribution in [0.4, 0.5) is 11.4 Å². The van der Waals surface area contributed by atoms with Crippen LogP contribution in [-0.2, 0) is 16.0 Å². The van der Waals surface area contributed by atoms with E-state index < -0.39 is 5.41 Å². The smallest absolute Gasteiger partial charge is 0.236 e. The van der Waals surface area contributed by atoms with Gasteiger partial charge in [0.05, 0.1) is 18.2 Å². The molecule has 31 heavy (non-hydrogen) atoms. The number of rotatable bonds is 7. The minimum Gasteiger partial charge on any atom is -0.497 e. The first-order chi connectivity index (χ1) is 14.7. The van der Waals surface area contributed by atoms with Crippen LogP contribution in [0.5, 0.6) is 11.5 Å². The number of hydrogen-bond acceptors (Lipinski definition) is 4. The topological polar surface area (TPSA) is 67.9 Å². The zero-order chi connectivity index (χ0) is 22.6. The number of nitrogens with zero attached hydrogens (tertiary/aromatic N) is 1. The number of amides is 2. The van der Waals surface area contributed by atoms with Crippen LogP contribution in [0.15, 0.2) is 42.5 Å². The number of benzene rings is 2. The van der Waals surface area contributed by atoms with Crippen molar-refractivity contribution in [2.75, 3.05) is 30.5 Å². The molecule has 0 bridgehead atoms. The van der Waals surface area contributed by atoms with Crippen LogP contribution in [0.2, 0.25) is 0 Å². The van der Waals surface area contributed by atoms with Crippen molar-refractivity contribution in [3.8, 4) is 11.5 Å². The Balaban J connectivity index is 1.70. The number of carbonyl (C=O) groups excluding carboxylic acids is 2. The molecule has 1 heterocycles. The molecule has 0 aliphatic carbocycles. The van der Waals surface area contributed by atoms with Gasteiger partial charge in [-0.25, -0.2) is 0 Å². The van der Waals surface area contributed by atoms with Gasteiger partial charge in [0.15, 0.2) is 0 Å². The molecular weight excluding hydrogens is 392 g/mol. The highest BCUT2D eigenvalue weighted by molar-refractivity contribution is 6.00. The first-order valence-electron chi connectivity index (χ1n) is 10.7. The van der Waals surface area contributed by atoms with Gasteiger partial charge in [0.2, 0.25) is 11.8 Å². The molecule has 0 aromatic heterocycles. The number of ether oxygens (including phenoxy) is 2. The molecule has 0 radical (unpaired) electrons. The van der Waals surface area contributed by atoms with Crippen molar-refractivity contribution in [3.63, 3.8) is 0 Å². The highest BCUT2D eigenvalue weighted by atomic mass is 16.5. The van der Waals surface area contributed by atoms with Gasteiger partial charge >= 0.3 is 0 Å². The SMILES string of the molecule is COc1ccc(CCC(=O)Nc2ccc3c(c2)OCC(C)(C)C(=O)N3CC(C)C)cc1. The summed E-state index contributed by atoms with van der Waals surface area (Å²) in [6, 6.07) is 13.2. The van der Waals surface area contributed by atoms with E-state index in [1.807, 2.05) is 61.2 Å². The average molecular weight is 425 g/mol. The Morgan fingerprint density at radius 3 is 2.55 bits per heavy atom. The lowest BCUT2D eigenvalue weighted by molar-refractivity contribution is -0.127. The molecule has 166 valence electrons. The van der Waals surface area contributed by atoms with Gasteiger partial charge in [-0.2, -0.15) is 0 Å². The van der Waals surface area contributed by atoms with Crippen LogP contribution in [0.3, 0.4) is 0 Å². The summed E-state index contributed by atoms with van der Waals surface area (Å²) >= 11 is 0. The summed E-state index contributed by atoms with van der Waals surface area (Å²) in [7, 11) is 1.63. The second-order valence-electron chi connectivity index (χ2n) is 9.06. The van der Waals surface area contributed by atoms with Gasteiger partial charge in [-0.15, -0.1) is 0 Å². The van der Waals surface area contributed by atoms with Crippen molar-refractivity contribution in [2.45, 2.75) is 40.5 Å². The van der Waals surface area contributed by atoms with Crippen molar-refractivity contribution in [3.05, 3.63) is 48.0 Å². The standard InChI is InChI=1S/C25H32N2O4/c1-17(2)15-27-21-12-9-19(14-22(21)31-16-25(3,4)24(27)29)26-23(28)13-8-18-6-10-20(30-5)11-7-18/h6-7,9-12,14,17H,8,13,15-16H2,1-5H3,(H,26,28). The number of aryl methyl sites for hydroxylation is 1. The monoisotopic (exact) mass is 424 g/mol. The summed E-state index contributed by atoms with van der Waals surface area (Å²) < 4.78 is 11.2. The Kier molecular flexibility index (Phi) is 6.88. The summed E-state index contributed by atoms with van der Waals surface area (Å²) in [6.07, 6.45) is 1.01. The number of nitrogens with one attached hydrogen (secondary N) is 1. The molecule has 0 fully saturated rings. The molecule has 0 spiro atoms. The van der Waals surface area contributed by atoms with Crippen LogP contribution in [0.1, 0.15) is 39.7 Å². The van der Waals surface area contributed by atoms with Gasteiger partial charge < -0.3 is 19.7 Å². The molecule has 1 aliphatic rings. The van der Waals surface area contributed by atoms with E-state index in [2.05, 4.69) is 19.2 Å². The lowest BCUT2D eigenvalue weighted by atomic mass is 9.92. The maximum absolute atomic E-state index is 13.1. The fourth-order valence-electron chi connectivity index (χ4n) is 3.55. The molecule has 3 rings (SSSR count). The summed E-state index contributed by atoms with van der Waals surface area (Å²) in [5, 5.41) is 2.95. The van der Waals surface area contributed by atoms with E-state index in [1.54, 1.807) is 7.11 Å². The van der Waals surface area contributed by atoms with Gasteiger partial charge in [0.25, 0.3) is 0 Å². The molecule has 6 nitrogen and oxygen atoms in total. The fourth-order valence-corrected chi connectivity index (χ4v) is 3.55. The Morgan fingerprint density at radius 2 is 1.90 bits per heavy atom. The normalized spacial score (nSPS) is 15.2. The maximum atomic E-state index is 13.1. The second-order valence-corrected chi connectivity index (χ2v) is 9.06. The lowest BCUT2D eigenvalue weighted by Crippen LogP contribution is -2.43. The van der Waals surface area contributed by atoms with E-state index in [-0.39, 0.29) is 11.8 Å². The quantitative estimate of drug-likeness (QED) is 0.701. The summed E-state index contributed by atoms with van der Waals surface area (Å²) in [4.78, 5) is 27.3. The third-order valence-electron chi connectivity index (χ3n) is 5.29. The first-order valence-corrected chi connectivity index (χ1v) is 10.7. The molecule has 0 saturated heterocycles. The number of anilines is 2. The zero-order valence-corrected chi connectivity index (χ0v) is 19.0. The van der Waals surface area contributed by atoms with Crippen LogP contribution in [-0.4, -0.2) is 32.1 Å². The predicted molar refractivity (Wildman–Crippen MR) is 123 cm³/mol. The van der Waals surface area contributed by atoms with Crippen LogP contribution in [0, 0.1) is 11.3 Å². The molecule has 1 N–H and O–H groups in total. The third kappa shape index (κ3) is 5.57. The van der Waals surface area contributed by atoms with Crippen molar-refractivity contribution < 1.29 is 19.1 Å². The minimum atomic E-state index is -0.615. The average Bonchev–Trinajstić information content (AvgIpc) is 2.82. The Bertz CT molecular complexity index is 935. The molecule has 1 aliphatic heterocycles. The molecule has 2 amide bonds. The maximum Gasteiger partial charge on any atom is 0.236 e. The molecule has 0 saturated carbocycles. The van der Waals surface area contributed by atoms with Gasteiger partial charge in [-0.1, -0.05) is 26.0 Å². The van der Waals surface area contributed by atoms with Crippen molar-refractivity contribution in [2.24, 2.45) is 11.3 Å². The number of fused-ring (bicyclic) bond motifs is 1. The largest absolute Gasteiger partial charge is 0.497 e. The van der Waals surface area contributed by atoms with E-state index in [4.69, 9.17) is 9.47 Å². The molecule has 0 atom stereocenters. The fraction of sp³-hybridized carbons (Fsp3) is 0.440. The van der Waals surface area contributed by atoms with Gasteiger partial charge in [-0.05, 0) is 56.0 Å². The van der Waals surface area contributed by atoms with Crippen molar-refractivity contribution in [1.82, 2.24) is 0 Å². The van der Waals surface area contributed by atoms with E-state index >= 15 is 0 Å². The predicted octanol–water partition coefficient (Wildman–Crippen LogP) is 4.67. The number of methoxy groups -OCH3 is 1. The summed E-state index contributed by atoms with van der Waals surface area (Å²) in [5.41, 5.74) is 1.87. The van der Waals surface area contributed by atoms with Crippen LogP contribution < -0.4 is 19.7 Å². The van der Waals surface area contributed by atoms with Gasteiger partial charge in [0.1, 0.15) is 18.1 Å². The molecule has 6 heteroatoms. The zero-order valence-electron chi connectivity index (χ0n) is 19.0. The van der Waals surface area contributed by atoms with Crippen LogP contribution >= 0.6 is 0 Å². The lowest BCUT2D eigenvalue weighted by Gasteiger charge is -2.29. The van der Waals surface area contributed by atoms with Crippen molar-refractivity contribution >= 4 is 23.2 Å². The van der Waals surface area contributed by atoms with E-state index in [1.165, 1.54) is 0 Å². The third-order valence-corrected chi connectivity index (χ3v) is 5.29. The summed E-state index contributed by atoms with van der Waals surface area (Å²) in [6.45, 7) is 8.88. The second kappa shape index (κ2) is 9.41. The Hall–Kier alpha value is -3.02. The first kappa shape index (κ1) is 22.7. The highest BCUT2D eigenvalue weighted by Crippen LogP contribution is 2.38. The summed E-state index contributed by atoms with van der Waals surface area (Å²) in [5.74, 6) is 1.72. The molecule has 2 aromatic carbocycles. The molecule has 2 aromatic rings. The van der Waals surface area contributed by atoms with E-state index in [9.17, 15) is 9.59 Å². The molecular formula is C25H32N2O4. The van der Waals surface area contributed by atoms with E-state index in [0.717, 1.165) is 17.0 Å². The number of hydrogen-bond donors (Lipinski definition) is 1. The van der Waals surface area contributed by atoms with E-state index in [0.29, 0.717) is 43.3 Å². The molecule has 0 unspecified atom stereocenters. The minimum absolute atomic E-state index is 0.0521. The number of carbonyl (C=O) groups is 2. The highest BCUT2D eigenvalue weighted by Gasteiger charge is 2.38. The van der Waals surface area contributed by atoms with Gasteiger partial charge in [0, 0.05) is 24.7 Å².